The molecule has 2 N–H and O–H groups in total. The van der Waals surface area contributed by atoms with E-state index in [2.05, 4.69) is 42.9 Å². The third-order valence-electron chi connectivity index (χ3n) is 7.73. The number of nitrogens with two attached hydrogens (primary N) is 1. The molecule has 2 saturated heterocycles. The summed E-state index contributed by atoms with van der Waals surface area (Å²) in [5, 5.41) is 0. The Morgan fingerprint density at radius 3 is 2.65 bits per heavy atom. The van der Waals surface area contributed by atoms with Crippen LogP contribution in [0.25, 0.3) is 22.4 Å². The van der Waals surface area contributed by atoms with Gasteiger partial charge in [0, 0.05) is 63.8 Å². The smallest absolute Gasteiger partial charge is 0.180 e. The zero-order chi connectivity index (χ0) is 22.6. The Balaban J connectivity index is 1.04. The zero-order valence-electron chi connectivity index (χ0n) is 19.4. The molecule has 3 fully saturated rings. The summed E-state index contributed by atoms with van der Waals surface area (Å²) in [6.07, 6.45) is 5.50. The van der Waals surface area contributed by atoms with Crippen LogP contribution in [0.3, 0.4) is 0 Å². The molecule has 7 rings (SSSR count). The van der Waals surface area contributed by atoms with Crippen LogP contribution >= 0.6 is 0 Å². The summed E-state index contributed by atoms with van der Waals surface area (Å²) in [6, 6.07) is 10.9. The van der Waals surface area contributed by atoms with Gasteiger partial charge in [0.2, 0.25) is 0 Å². The number of fused-ring (bicyclic) bond motifs is 2. The fourth-order valence-electron chi connectivity index (χ4n) is 5.42. The standard InChI is InChI=1S/C26H30N8/c27-24-12-19-4-3-18(11-23(19)29-24)21-5-6-22-26(30-21)31-25(13-28-22)34-15-20(16-34)33-9-7-32(8-10-33)14-17-1-2-17/h3-6,11,13,17,20H,1-2,7-10,12,14-16H2,(H2,27,29). The van der Waals surface area contributed by atoms with Crippen LogP contribution in [0.1, 0.15) is 18.4 Å². The van der Waals surface area contributed by atoms with Crippen LogP contribution in [0.2, 0.25) is 0 Å². The first-order valence-electron chi connectivity index (χ1n) is 12.5. The van der Waals surface area contributed by atoms with Crippen LogP contribution in [0.5, 0.6) is 0 Å². The lowest BCUT2D eigenvalue weighted by molar-refractivity contribution is 0.0807. The highest BCUT2D eigenvalue weighted by Gasteiger charge is 2.35. The van der Waals surface area contributed by atoms with Gasteiger partial charge < -0.3 is 15.5 Å². The van der Waals surface area contributed by atoms with Crippen LogP contribution in [0.4, 0.5) is 11.5 Å². The summed E-state index contributed by atoms with van der Waals surface area (Å²) < 4.78 is 0. The monoisotopic (exact) mass is 454 g/mol. The number of amidine groups is 1. The van der Waals surface area contributed by atoms with Gasteiger partial charge in [0.15, 0.2) is 5.65 Å². The predicted octanol–water partition coefficient (Wildman–Crippen LogP) is 2.45. The third-order valence-corrected chi connectivity index (χ3v) is 7.73. The minimum absolute atomic E-state index is 0.624. The second-order valence-corrected chi connectivity index (χ2v) is 10.2. The molecule has 4 aliphatic rings. The van der Waals surface area contributed by atoms with Gasteiger partial charge >= 0.3 is 0 Å². The van der Waals surface area contributed by atoms with Gasteiger partial charge in [0.25, 0.3) is 0 Å². The number of aliphatic imine (C=N–C) groups is 1. The lowest BCUT2D eigenvalue weighted by atomic mass is 10.1. The number of nitrogens with zero attached hydrogens (tertiary/aromatic N) is 7. The maximum Gasteiger partial charge on any atom is 0.180 e. The number of hydrogen-bond donors (Lipinski definition) is 1. The van der Waals surface area contributed by atoms with Crippen molar-refractivity contribution < 1.29 is 0 Å². The van der Waals surface area contributed by atoms with Crippen molar-refractivity contribution in [3.8, 4) is 11.3 Å². The molecule has 174 valence electrons. The van der Waals surface area contributed by atoms with E-state index < -0.39 is 0 Å². The quantitative estimate of drug-likeness (QED) is 0.634. The normalized spacial score (nSPS) is 21.5. The minimum Gasteiger partial charge on any atom is -0.387 e. The molecule has 8 nitrogen and oxygen atoms in total. The molecule has 1 aromatic carbocycles. The first kappa shape index (κ1) is 20.3. The SMILES string of the molecule is NC1=Nc2cc(-c3ccc4ncc(N5CC(N6CCN(CC7CC7)CC6)C5)nc4n3)ccc2C1. The van der Waals surface area contributed by atoms with Gasteiger partial charge in [-0.05, 0) is 42.5 Å². The van der Waals surface area contributed by atoms with Crippen LogP contribution < -0.4 is 10.6 Å². The molecule has 3 aromatic rings. The van der Waals surface area contributed by atoms with E-state index in [0.29, 0.717) is 17.5 Å². The average molecular weight is 455 g/mol. The second kappa shape index (κ2) is 7.99. The number of anilines is 1. The van der Waals surface area contributed by atoms with Crippen molar-refractivity contribution >= 4 is 28.5 Å². The summed E-state index contributed by atoms with van der Waals surface area (Å²) in [5.41, 5.74) is 11.4. The Kier molecular flexibility index (Phi) is 4.77. The number of benzene rings is 1. The molecule has 0 spiro atoms. The fourth-order valence-corrected chi connectivity index (χ4v) is 5.42. The maximum atomic E-state index is 5.90. The van der Waals surface area contributed by atoms with Gasteiger partial charge in [-0.25, -0.2) is 19.9 Å². The van der Waals surface area contributed by atoms with E-state index in [1.54, 1.807) is 0 Å². The van der Waals surface area contributed by atoms with Crippen molar-refractivity contribution in [1.82, 2.24) is 24.8 Å². The maximum absolute atomic E-state index is 5.90. The van der Waals surface area contributed by atoms with E-state index in [0.717, 1.165) is 53.7 Å². The van der Waals surface area contributed by atoms with E-state index in [1.807, 2.05) is 18.3 Å². The van der Waals surface area contributed by atoms with E-state index in [-0.39, 0.29) is 0 Å². The van der Waals surface area contributed by atoms with Crippen LogP contribution in [0.15, 0.2) is 41.5 Å². The minimum atomic E-state index is 0.624. The van der Waals surface area contributed by atoms with Gasteiger partial charge in [-0.1, -0.05) is 12.1 Å². The molecule has 34 heavy (non-hydrogen) atoms. The number of piperazine rings is 1. The molecule has 1 saturated carbocycles. The van der Waals surface area contributed by atoms with E-state index in [1.165, 1.54) is 51.1 Å². The largest absolute Gasteiger partial charge is 0.387 e. The summed E-state index contributed by atoms with van der Waals surface area (Å²) in [7, 11) is 0. The summed E-state index contributed by atoms with van der Waals surface area (Å²) in [6.45, 7) is 8.18. The van der Waals surface area contributed by atoms with Gasteiger partial charge in [-0.3, -0.25) is 4.90 Å². The Labute approximate surface area is 199 Å². The Hall–Kier alpha value is -3.10. The molecular weight excluding hydrogens is 424 g/mol. The Bertz CT molecular complexity index is 1270. The molecule has 3 aliphatic heterocycles. The molecule has 0 amide bonds. The Morgan fingerprint density at radius 1 is 0.971 bits per heavy atom. The number of hydrogen-bond acceptors (Lipinski definition) is 8. The average Bonchev–Trinajstić information content (AvgIpc) is 3.56. The van der Waals surface area contributed by atoms with Gasteiger partial charge in [0.1, 0.15) is 17.2 Å². The number of rotatable bonds is 5. The molecule has 0 unspecified atom stereocenters. The molecule has 0 atom stereocenters. The Morgan fingerprint density at radius 2 is 1.82 bits per heavy atom. The van der Waals surface area contributed by atoms with E-state index in [4.69, 9.17) is 15.7 Å². The van der Waals surface area contributed by atoms with Gasteiger partial charge in [0.05, 0.1) is 17.6 Å². The van der Waals surface area contributed by atoms with E-state index in [9.17, 15) is 0 Å². The molecule has 8 heteroatoms. The lowest BCUT2D eigenvalue weighted by Crippen LogP contribution is -2.63. The molecule has 5 heterocycles. The molecule has 1 aliphatic carbocycles. The van der Waals surface area contributed by atoms with Gasteiger partial charge in [-0.15, -0.1) is 0 Å². The topological polar surface area (TPSA) is 86.8 Å². The first-order chi connectivity index (χ1) is 16.7. The first-order valence-corrected chi connectivity index (χ1v) is 12.5. The zero-order valence-corrected chi connectivity index (χ0v) is 19.4. The van der Waals surface area contributed by atoms with Crippen LogP contribution in [-0.2, 0) is 6.42 Å². The highest BCUT2D eigenvalue weighted by atomic mass is 15.4. The van der Waals surface area contributed by atoms with Crippen molar-refractivity contribution in [3.63, 3.8) is 0 Å². The van der Waals surface area contributed by atoms with Crippen molar-refractivity contribution in [1.29, 1.82) is 0 Å². The van der Waals surface area contributed by atoms with E-state index >= 15 is 0 Å². The van der Waals surface area contributed by atoms with Crippen molar-refractivity contribution in [2.45, 2.75) is 25.3 Å². The molecule has 0 radical (unpaired) electrons. The molecule has 2 aromatic heterocycles. The van der Waals surface area contributed by atoms with Crippen molar-refractivity contribution in [2.24, 2.45) is 16.6 Å². The summed E-state index contributed by atoms with van der Waals surface area (Å²) in [4.78, 5) is 26.5. The number of aromatic nitrogens is 3. The van der Waals surface area contributed by atoms with Crippen molar-refractivity contribution in [2.75, 3.05) is 50.7 Å². The van der Waals surface area contributed by atoms with Crippen molar-refractivity contribution in [3.05, 3.63) is 42.1 Å². The third kappa shape index (κ3) is 3.80. The summed E-state index contributed by atoms with van der Waals surface area (Å²) in [5.74, 6) is 2.58. The fraction of sp³-hybridized carbons (Fsp3) is 0.462. The highest BCUT2D eigenvalue weighted by Crippen LogP contribution is 2.32. The summed E-state index contributed by atoms with van der Waals surface area (Å²) >= 11 is 0. The lowest BCUT2D eigenvalue weighted by Gasteiger charge is -2.48. The second-order valence-electron chi connectivity index (χ2n) is 10.2. The molecular formula is C26H30N8. The predicted molar refractivity (Wildman–Crippen MR) is 134 cm³/mol. The van der Waals surface area contributed by atoms with Crippen LogP contribution in [-0.4, -0.2) is 82.4 Å². The van der Waals surface area contributed by atoms with Crippen LogP contribution in [0, 0.1) is 5.92 Å². The highest BCUT2D eigenvalue weighted by molar-refractivity contribution is 5.92. The van der Waals surface area contributed by atoms with Gasteiger partial charge in [-0.2, -0.15) is 0 Å². The number of pyridine rings is 1. The molecule has 0 bridgehead atoms.